The van der Waals surface area contributed by atoms with Crippen LogP contribution >= 0.6 is 0 Å². The molecule has 39 heavy (non-hydrogen) atoms. The molecule has 0 radical (unpaired) electrons. The SMILES string of the molecule is CN(C)C1CCN(C(=O)C(CCCN[C@@H]2C[C@H]2c2ccc(F)cc2)NC(=O)c2ccc(-n3ccnn3)cc2)C1. The van der Waals surface area contributed by atoms with E-state index in [-0.39, 0.29) is 17.6 Å². The Hall–Kier alpha value is -3.63. The summed E-state index contributed by atoms with van der Waals surface area (Å²) in [4.78, 5) is 30.7. The Balaban J connectivity index is 1.17. The van der Waals surface area contributed by atoms with Crippen LogP contribution in [0, 0.1) is 5.82 Å². The number of hydrogen-bond acceptors (Lipinski definition) is 6. The minimum atomic E-state index is -0.595. The Morgan fingerprint density at radius 2 is 1.90 bits per heavy atom. The summed E-state index contributed by atoms with van der Waals surface area (Å²) in [6, 6.07) is 13.9. The lowest BCUT2D eigenvalue weighted by molar-refractivity contribution is -0.132. The van der Waals surface area contributed by atoms with E-state index in [4.69, 9.17) is 0 Å². The summed E-state index contributed by atoms with van der Waals surface area (Å²) in [5.41, 5.74) is 2.43. The van der Waals surface area contributed by atoms with Gasteiger partial charge in [0.15, 0.2) is 0 Å². The van der Waals surface area contributed by atoms with Crippen LogP contribution in [0.3, 0.4) is 0 Å². The summed E-state index contributed by atoms with van der Waals surface area (Å²) in [6.07, 6.45) is 6.58. The van der Waals surface area contributed by atoms with Gasteiger partial charge in [0.1, 0.15) is 11.9 Å². The average molecular weight is 534 g/mol. The van der Waals surface area contributed by atoms with E-state index in [1.54, 1.807) is 41.3 Å². The normalized spacial score (nSPS) is 21.2. The van der Waals surface area contributed by atoms with Crippen molar-refractivity contribution in [1.82, 2.24) is 35.4 Å². The number of benzene rings is 2. The zero-order chi connectivity index (χ0) is 27.4. The van der Waals surface area contributed by atoms with Gasteiger partial charge in [0.25, 0.3) is 5.91 Å². The molecule has 0 spiro atoms. The lowest BCUT2D eigenvalue weighted by Gasteiger charge is -2.26. The van der Waals surface area contributed by atoms with Crippen molar-refractivity contribution in [3.63, 3.8) is 0 Å². The topological polar surface area (TPSA) is 95.4 Å². The van der Waals surface area contributed by atoms with Gasteiger partial charge < -0.3 is 20.4 Å². The highest BCUT2D eigenvalue weighted by Crippen LogP contribution is 2.40. The molecule has 2 heterocycles. The van der Waals surface area contributed by atoms with E-state index in [9.17, 15) is 14.0 Å². The molecule has 1 aromatic heterocycles. The number of carbonyl (C=O) groups excluding carboxylic acids is 2. The van der Waals surface area contributed by atoms with Gasteiger partial charge in [-0.05, 0) is 88.3 Å². The van der Waals surface area contributed by atoms with Crippen LogP contribution in [0.2, 0.25) is 0 Å². The molecule has 1 saturated heterocycles. The number of likely N-dealkylation sites (tertiary alicyclic amines) is 1. The van der Waals surface area contributed by atoms with Crippen molar-refractivity contribution in [1.29, 1.82) is 0 Å². The highest BCUT2D eigenvalue weighted by Gasteiger charge is 2.38. The van der Waals surface area contributed by atoms with Gasteiger partial charge in [-0.2, -0.15) is 0 Å². The maximum absolute atomic E-state index is 13.5. The number of nitrogens with one attached hydrogen (secondary N) is 2. The third-order valence-electron chi connectivity index (χ3n) is 7.79. The fraction of sp³-hybridized carbons (Fsp3) is 0.448. The summed E-state index contributed by atoms with van der Waals surface area (Å²) in [5.74, 6) is -0.116. The Kier molecular flexibility index (Phi) is 8.33. The molecule has 2 aliphatic rings. The molecule has 206 valence electrons. The first-order valence-corrected chi connectivity index (χ1v) is 13.6. The Morgan fingerprint density at radius 1 is 1.13 bits per heavy atom. The number of rotatable bonds is 11. The summed E-state index contributed by atoms with van der Waals surface area (Å²) in [6.45, 7) is 2.11. The monoisotopic (exact) mass is 533 g/mol. The second kappa shape index (κ2) is 12.0. The van der Waals surface area contributed by atoms with Crippen molar-refractivity contribution < 1.29 is 14.0 Å². The van der Waals surface area contributed by atoms with Crippen molar-refractivity contribution in [2.75, 3.05) is 33.7 Å². The molecular weight excluding hydrogens is 497 g/mol. The molecule has 10 heteroatoms. The van der Waals surface area contributed by atoms with Crippen LogP contribution < -0.4 is 10.6 Å². The lowest BCUT2D eigenvalue weighted by atomic mass is 10.1. The molecule has 2 aromatic carbocycles. The maximum atomic E-state index is 13.5. The van der Waals surface area contributed by atoms with Gasteiger partial charge >= 0.3 is 0 Å². The van der Waals surface area contributed by atoms with Gasteiger partial charge in [-0.15, -0.1) is 5.10 Å². The van der Waals surface area contributed by atoms with Crippen molar-refractivity contribution in [3.8, 4) is 5.69 Å². The summed E-state index contributed by atoms with van der Waals surface area (Å²) >= 11 is 0. The predicted molar refractivity (Wildman–Crippen MR) is 146 cm³/mol. The zero-order valence-corrected chi connectivity index (χ0v) is 22.5. The molecule has 1 saturated carbocycles. The predicted octanol–water partition coefficient (Wildman–Crippen LogP) is 2.59. The minimum Gasteiger partial charge on any atom is -0.340 e. The largest absolute Gasteiger partial charge is 0.340 e. The molecule has 2 amide bonds. The van der Waals surface area contributed by atoms with Crippen LogP contribution in [-0.2, 0) is 4.79 Å². The van der Waals surface area contributed by atoms with Crippen molar-refractivity contribution in [2.45, 2.75) is 49.7 Å². The second-order valence-corrected chi connectivity index (χ2v) is 10.7. The number of likely N-dealkylation sites (N-methyl/N-ethyl adjacent to an activating group) is 1. The molecular formula is C29H36FN7O2. The fourth-order valence-electron chi connectivity index (χ4n) is 5.29. The van der Waals surface area contributed by atoms with Crippen LogP contribution in [0.5, 0.6) is 0 Å². The van der Waals surface area contributed by atoms with Crippen LogP contribution in [0.15, 0.2) is 60.9 Å². The number of nitrogens with zero attached hydrogens (tertiary/aromatic N) is 5. The third-order valence-corrected chi connectivity index (χ3v) is 7.79. The highest BCUT2D eigenvalue weighted by atomic mass is 19.1. The molecule has 2 N–H and O–H groups in total. The van der Waals surface area contributed by atoms with Gasteiger partial charge in [0.2, 0.25) is 5.91 Å². The van der Waals surface area contributed by atoms with Crippen LogP contribution in [-0.4, -0.2) is 88.5 Å². The molecule has 1 aliphatic carbocycles. The van der Waals surface area contributed by atoms with Crippen molar-refractivity contribution in [2.24, 2.45) is 0 Å². The minimum absolute atomic E-state index is 0.0254. The molecule has 5 rings (SSSR count). The van der Waals surface area contributed by atoms with E-state index in [1.807, 2.05) is 31.1 Å². The Bertz CT molecular complexity index is 1250. The average Bonchev–Trinajstić information content (AvgIpc) is 3.31. The van der Waals surface area contributed by atoms with E-state index >= 15 is 0 Å². The first kappa shape index (κ1) is 27.0. The molecule has 0 bridgehead atoms. The number of amides is 2. The molecule has 1 aliphatic heterocycles. The first-order valence-electron chi connectivity index (χ1n) is 13.6. The third kappa shape index (κ3) is 6.69. The fourth-order valence-corrected chi connectivity index (χ4v) is 5.29. The van der Waals surface area contributed by atoms with E-state index in [2.05, 4.69) is 25.8 Å². The van der Waals surface area contributed by atoms with Crippen molar-refractivity contribution in [3.05, 3.63) is 77.9 Å². The van der Waals surface area contributed by atoms with E-state index < -0.39 is 6.04 Å². The zero-order valence-electron chi connectivity index (χ0n) is 22.5. The number of hydrogen-bond donors (Lipinski definition) is 2. The van der Waals surface area contributed by atoms with Gasteiger partial charge in [-0.3, -0.25) is 9.59 Å². The van der Waals surface area contributed by atoms with Gasteiger partial charge in [0, 0.05) is 36.7 Å². The summed E-state index contributed by atoms with van der Waals surface area (Å²) in [7, 11) is 4.06. The van der Waals surface area contributed by atoms with E-state index in [0.29, 0.717) is 43.1 Å². The summed E-state index contributed by atoms with van der Waals surface area (Å²) in [5, 5.41) is 14.4. The quantitative estimate of drug-likeness (QED) is 0.368. The van der Waals surface area contributed by atoms with E-state index in [1.165, 1.54) is 12.1 Å². The van der Waals surface area contributed by atoms with Gasteiger partial charge in [-0.25, -0.2) is 9.07 Å². The molecule has 2 unspecified atom stereocenters. The first-order chi connectivity index (χ1) is 18.9. The van der Waals surface area contributed by atoms with Crippen LogP contribution in [0.25, 0.3) is 5.69 Å². The summed E-state index contributed by atoms with van der Waals surface area (Å²) < 4.78 is 14.8. The molecule has 2 fully saturated rings. The van der Waals surface area contributed by atoms with Crippen LogP contribution in [0.1, 0.15) is 47.5 Å². The molecule has 3 aromatic rings. The van der Waals surface area contributed by atoms with Gasteiger partial charge in [0.05, 0.1) is 18.1 Å². The lowest BCUT2D eigenvalue weighted by Crippen LogP contribution is -2.48. The Labute approximate surface area is 228 Å². The smallest absolute Gasteiger partial charge is 0.251 e. The van der Waals surface area contributed by atoms with E-state index in [0.717, 1.165) is 37.1 Å². The standard InChI is InChI=1S/C29H36FN7O2/c1-35(2)24-13-16-36(19-24)29(39)26(4-3-14-31-27-18-25(27)20-5-9-22(30)10-6-20)33-28(38)21-7-11-23(12-8-21)37-17-15-32-34-37/h5-12,15,17,24-27,31H,3-4,13-14,16,18-19H2,1-2H3,(H,33,38)/t24?,25-,26?,27+/m0/s1. The maximum Gasteiger partial charge on any atom is 0.251 e. The van der Waals surface area contributed by atoms with Crippen molar-refractivity contribution >= 4 is 11.8 Å². The van der Waals surface area contributed by atoms with Gasteiger partial charge in [-0.1, -0.05) is 17.3 Å². The van der Waals surface area contributed by atoms with Crippen LogP contribution in [0.4, 0.5) is 4.39 Å². The number of aromatic nitrogens is 3. The highest BCUT2D eigenvalue weighted by molar-refractivity contribution is 5.97. The Morgan fingerprint density at radius 3 is 2.56 bits per heavy atom. The molecule has 4 atom stereocenters. The second-order valence-electron chi connectivity index (χ2n) is 10.7. The molecule has 9 nitrogen and oxygen atoms in total. The number of halogens is 1. The number of carbonyl (C=O) groups is 2.